The van der Waals surface area contributed by atoms with Crippen LogP contribution in [0.5, 0.6) is 0 Å². The quantitative estimate of drug-likeness (QED) is 0.838. The van der Waals surface area contributed by atoms with Crippen LogP contribution in [0.4, 0.5) is 0 Å². The number of carbonyl (C=O) groups is 1. The Morgan fingerprint density at radius 2 is 2.11 bits per heavy atom. The number of primary amides is 1. The lowest BCUT2D eigenvalue weighted by Crippen LogP contribution is -2.39. The molecule has 1 rings (SSSR count). The molecule has 0 radical (unpaired) electrons. The maximum atomic E-state index is 11.0. The summed E-state index contributed by atoms with van der Waals surface area (Å²) in [6, 6.07) is 0. The predicted molar refractivity (Wildman–Crippen MR) is 70.1 cm³/mol. The first-order valence-corrected chi connectivity index (χ1v) is 6.21. The minimum absolute atomic E-state index is 0.451. The molecule has 0 unspecified atom stereocenters. The summed E-state index contributed by atoms with van der Waals surface area (Å²) in [4.78, 5) is 11.0. The smallest absolute Gasteiger partial charge is 0.246 e. The second-order valence-electron chi connectivity index (χ2n) is 5.55. The number of carbonyl (C=O) groups excluding carboxylic acids is 1. The van der Waals surface area contributed by atoms with Crippen molar-refractivity contribution >= 4 is 5.91 Å². The summed E-state index contributed by atoms with van der Waals surface area (Å²) in [5, 5.41) is 4.30. The topological polar surface area (TPSA) is 70.1 Å². The normalized spacial score (nSPS) is 13.9. The van der Waals surface area contributed by atoms with Gasteiger partial charge < -0.3 is 10.5 Å². The molecular weight excluding hydrogens is 230 g/mol. The molecule has 0 aliphatic heterocycles. The Hall–Kier alpha value is -1.36. The maximum Gasteiger partial charge on any atom is 0.246 e. The van der Waals surface area contributed by atoms with Crippen LogP contribution >= 0.6 is 0 Å². The van der Waals surface area contributed by atoms with Gasteiger partial charge in [-0.15, -0.1) is 0 Å². The van der Waals surface area contributed by atoms with Crippen molar-refractivity contribution < 1.29 is 9.53 Å². The highest BCUT2D eigenvalue weighted by Gasteiger charge is 2.25. The van der Waals surface area contributed by atoms with Gasteiger partial charge in [0.2, 0.25) is 5.91 Å². The van der Waals surface area contributed by atoms with E-state index in [-0.39, 0.29) is 0 Å². The van der Waals surface area contributed by atoms with Gasteiger partial charge in [0, 0.05) is 6.20 Å². The third kappa shape index (κ3) is 4.14. The summed E-state index contributed by atoms with van der Waals surface area (Å²) >= 11 is 0. The van der Waals surface area contributed by atoms with E-state index < -0.39 is 17.6 Å². The molecule has 0 aliphatic rings. The van der Waals surface area contributed by atoms with Crippen LogP contribution in [0.2, 0.25) is 0 Å². The number of nitrogens with zero attached hydrogens (tertiary/aromatic N) is 2. The van der Waals surface area contributed by atoms with E-state index in [0.717, 1.165) is 0 Å². The van der Waals surface area contributed by atoms with Crippen molar-refractivity contribution in [3.63, 3.8) is 0 Å². The summed E-state index contributed by atoms with van der Waals surface area (Å²) in [5.74, 6) is -0.00117. The minimum atomic E-state index is -0.597. The van der Waals surface area contributed by atoms with E-state index in [1.165, 1.54) is 5.56 Å². The average molecular weight is 253 g/mol. The highest BCUT2D eigenvalue weighted by atomic mass is 16.5. The number of rotatable bonds is 6. The molecule has 1 amide bonds. The summed E-state index contributed by atoms with van der Waals surface area (Å²) in [6.07, 6.45) is 3.27. The zero-order chi connectivity index (χ0) is 13.9. The number of hydrogen-bond donors (Lipinski definition) is 1. The van der Waals surface area contributed by atoms with Crippen molar-refractivity contribution in [1.29, 1.82) is 0 Å². The van der Waals surface area contributed by atoms with Crippen molar-refractivity contribution in [3.8, 4) is 0 Å². The van der Waals surface area contributed by atoms with Gasteiger partial charge in [0.25, 0.3) is 0 Å². The lowest BCUT2D eigenvalue weighted by atomic mass is 10.1. The van der Waals surface area contributed by atoms with Gasteiger partial charge in [-0.1, -0.05) is 13.8 Å². The highest BCUT2D eigenvalue weighted by molar-refractivity contribution is 5.78. The standard InChI is InChI=1S/C13H23N3O2/c1-9(2)11-6-15-16(7-11)8-13(4,5)18-10(3)12(14)17/h6-7,9-10H,8H2,1-5H3,(H2,14,17)/t10-/m0/s1. The Labute approximate surface area is 108 Å². The van der Waals surface area contributed by atoms with E-state index in [2.05, 4.69) is 18.9 Å². The molecule has 0 saturated carbocycles. The number of aromatic nitrogens is 2. The summed E-state index contributed by atoms with van der Waals surface area (Å²) in [5.41, 5.74) is 5.89. The fourth-order valence-electron chi connectivity index (χ4n) is 1.73. The Balaban J connectivity index is 2.66. The van der Waals surface area contributed by atoms with E-state index in [1.54, 1.807) is 6.92 Å². The molecule has 0 saturated heterocycles. The van der Waals surface area contributed by atoms with Crippen molar-refractivity contribution in [2.45, 2.75) is 58.8 Å². The van der Waals surface area contributed by atoms with Gasteiger partial charge in [-0.25, -0.2) is 0 Å². The molecule has 0 fully saturated rings. The Kier molecular flexibility index (Phi) is 4.51. The predicted octanol–water partition coefficient (Wildman–Crippen LogP) is 1.68. The molecule has 1 heterocycles. The largest absolute Gasteiger partial charge is 0.367 e. The van der Waals surface area contributed by atoms with Crippen LogP contribution in [0.3, 0.4) is 0 Å². The van der Waals surface area contributed by atoms with Crippen molar-refractivity contribution in [3.05, 3.63) is 18.0 Å². The van der Waals surface area contributed by atoms with Gasteiger partial charge in [0.05, 0.1) is 18.3 Å². The molecule has 5 nitrogen and oxygen atoms in total. The average Bonchev–Trinajstić information content (AvgIpc) is 2.64. The van der Waals surface area contributed by atoms with Gasteiger partial charge in [-0.2, -0.15) is 5.10 Å². The van der Waals surface area contributed by atoms with Gasteiger partial charge in [0.1, 0.15) is 6.10 Å². The molecule has 5 heteroatoms. The molecule has 2 N–H and O–H groups in total. The Morgan fingerprint density at radius 3 is 2.56 bits per heavy atom. The summed E-state index contributed by atoms with van der Waals surface area (Å²) < 4.78 is 7.47. The molecule has 0 aliphatic carbocycles. The Bertz CT molecular complexity index is 410. The van der Waals surface area contributed by atoms with E-state index in [0.29, 0.717) is 12.5 Å². The SMILES string of the molecule is CC(C)c1cnn(CC(C)(C)O[C@@H](C)C(N)=O)c1. The lowest BCUT2D eigenvalue weighted by molar-refractivity contribution is -0.140. The molecule has 18 heavy (non-hydrogen) atoms. The zero-order valence-corrected chi connectivity index (χ0v) is 11.8. The van der Waals surface area contributed by atoms with Crippen LogP contribution < -0.4 is 5.73 Å². The second-order valence-corrected chi connectivity index (χ2v) is 5.55. The fourth-order valence-corrected chi connectivity index (χ4v) is 1.73. The summed E-state index contributed by atoms with van der Waals surface area (Å²) in [7, 11) is 0. The van der Waals surface area contributed by atoms with Gasteiger partial charge in [-0.3, -0.25) is 9.48 Å². The molecular formula is C13H23N3O2. The van der Waals surface area contributed by atoms with E-state index in [1.807, 2.05) is 30.9 Å². The molecule has 0 spiro atoms. The van der Waals surface area contributed by atoms with Gasteiger partial charge >= 0.3 is 0 Å². The molecule has 1 aromatic rings. The second kappa shape index (κ2) is 5.52. The third-order valence-corrected chi connectivity index (χ3v) is 2.76. The van der Waals surface area contributed by atoms with E-state index in [9.17, 15) is 4.79 Å². The van der Waals surface area contributed by atoms with E-state index in [4.69, 9.17) is 10.5 Å². The summed E-state index contributed by atoms with van der Waals surface area (Å²) in [6.45, 7) is 10.3. The lowest BCUT2D eigenvalue weighted by Gasteiger charge is -2.27. The molecule has 0 aromatic carbocycles. The first-order chi connectivity index (χ1) is 8.21. The first kappa shape index (κ1) is 14.7. The van der Waals surface area contributed by atoms with Crippen LogP contribution in [0.15, 0.2) is 12.4 Å². The van der Waals surface area contributed by atoms with E-state index >= 15 is 0 Å². The molecule has 1 atom stereocenters. The molecule has 1 aromatic heterocycles. The number of ether oxygens (including phenoxy) is 1. The van der Waals surface area contributed by atoms with Crippen molar-refractivity contribution in [2.24, 2.45) is 5.73 Å². The zero-order valence-electron chi connectivity index (χ0n) is 11.8. The van der Waals surface area contributed by atoms with Gasteiger partial charge in [-0.05, 0) is 32.3 Å². The highest BCUT2D eigenvalue weighted by Crippen LogP contribution is 2.17. The van der Waals surface area contributed by atoms with Crippen LogP contribution in [0.1, 0.15) is 46.1 Å². The van der Waals surface area contributed by atoms with Crippen molar-refractivity contribution in [2.75, 3.05) is 0 Å². The Morgan fingerprint density at radius 1 is 1.50 bits per heavy atom. The third-order valence-electron chi connectivity index (χ3n) is 2.76. The molecule has 102 valence electrons. The fraction of sp³-hybridized carbons (Fsp3) is 0.692. The van der Waals surface area contributed by atoms with Crippen LogP contribution in [-0.4, -0.2) is 27.4 Å². The van der Waals surface area contributed by atoms with Crippen LogP contribution in [0, 0.1) is 0 Å². The molecule has 0 bridgehead atoms. The van der Waals surface area contributed by atoms with Gasteiger partial charge in [0.15, 0.2) is 0 Å². The maximum absolute atomic E-state index is 11.0. The first-order valence-electron chi connectivity index (χ1n) is 6.21. The number of hydrogen-bond acceptors (Lipinski definition) is 3. The van der Waals surface area contributed by atoms with Crippen LogP contribution in [-0.2, 0) is 16.1 Å². The van der Waals surface area contributed by atoms with Crippen molar-refractivity contribution in [1.82, 2.24) is 9.78 Å². The number of amides is 1. The monoisotopic (exact) mass is 253 g/mol. The number of nitrogens with two attached hydrogens (primary N) is 1. The van der Waals surface area contributed by atoms with Crippen LogP contribution in [0.25, 0.3) is 0 Å². The minimum Gasteiger partial charge on any atom is -0.367 e.